The number of aromatic hydroxyl groups is 1. The molecule has 0 radical (unpaired) electrons. The minimum Gasteiger partial charge on any atom is -0.506 e. The number of hydrogen-bond acceptors (Lipinski definition) is 6. The van der Waals surface area contributed by atoms with E-state index >= 15 is 0 Å². The first-order valence-corrected chi connectivity index (χ1v) is 7.63. The Morgan fingerprint density at radius 2 is 2.13 bits per heavy atom. The molecule has 2 aromatic rings. The molecule has 8 heteroatoms. The van der Waals surface area contributed by atoms with Crippen molar-refractivity contribution in [2.45, 2.75) is 0 Å². The second-order valence-electron chi connectivity index (χ2n) is 5.25. The predicted octanol–water partition coefficient (Wildman–Crippen LogP) is 2.16. The monoisotopic (exact) mass is 334 g/mol. The summed E-state index contributed by atoms with van der Waals surface area (Å²) in [5.41, 5.74) is 0.899. The number of hydrogen-bond donors (Lipinski definition) is 2. The van der Waals surface area contributed by atoms with Crippen LogP contribution in [-0.4, -0.2) is 36.6 Å². The first kappa shape index (κ1) is 15.4. The Kier molecular flexibility index (Phi) is 3.99. The minimum atomic E-state index is -0.589. The number of carbonyl (C=O) groups is 1. The lowest BCUT2D eigenvalue weighted by Gasteiger charge is -2.18. The van der Waals surface area contributed by atoms with Crippen LogP contribution in [0.4, 0.5) is 15.9 Å². The molecule has 0 atom stereocenters. The van der Waals surface area contributed by atoms with Crippen LogP contribution in [0.2, 0.25) is 0 Å². The Morgan fingerprint density at radius 1 is 1.35 bits per heavy atom. The van der Waals surface area contributed by atoms with Crippen LogP contribution < -0.4 is 13.9 Å². The molecule has 3 rings (SSSR count). The Balaban J connectivity index is 2.02. The van der Waals surface area contributed by atoms with E-state index in [9.17, 15) is 14.3 Å². The molecule has 2 heterocycles. The SMILES string of the molecule is CN(C)c1ccc(-c2ccc(O)c(N3CC(=O)NS3)c2F)cn1. The van der Waals surface area contributed by atoms with Gasteiger partial charge in [0.2, 0.25) is 0 Å². The quantitative estimate of drug-likeness (QED) is 0.839. The summed E-state index contributed by atoms with van der Waals surface area (Å²) in [6, 6.07) is 6.46. The maximum Gasteiger partial charge on any atom is 0.251 e. The molecule has 1 aliphatic heterocycles. The van der Waals surface area contributed by atoms with Crippen molar-refractivity contribution in [1.82, 2.24) is 9.71 Å². The highest BCUT2D eigenvalue weighted by Gasteiger charge is 2.27. The van der Waals surface area contributed by atoms with Gasteiger partial charge in [0.1, 0.15) is 23.8 Å². The lowest BCUT2D eigenvalue weighted by atomic mass is 10.1. The van der Waals surface area contributed by atoms with E-state index in [1.54, 1.807) is 18.3 Å². The van der Waals surface area contributed by atoms with Crippen LogP contribution in [0.3, 0.4) is 0 Å². The van der Waals surface area contributed by atoms with Crippen molar-refractivity contribution in [3.8, 4) is 16.9 Å². The molecule has 0 spiro atoms. The number of anilines is 2. The molecule has 1 aromatic carbocycles. The second kappa shape index (κ2) is 5.96. The third kappa shape index (κ3) is 2.89. The van der Waals surface area contributed by atoms with Gasteiger partial charge in [-0.05, 0) is 24.3 Å². The average Bonchev–Trinajstić information content (AvgIpc) is 2.94. The van der Waals surface area contributed by atoms with Gasteiger partial charge in [0.05, 0.1) is 12.1 Å². The normalized spacial score (nSPS) is 14.0. The molecular formula is C15H15FN4O2S. The van der Waals surface area contributed by atoms with E-state index in [2.05, 4.69) is 9.71 Å². The van der Waals surface area contributed by atoms with Crippen molar-refractivity contribution in [2.75, 3.05) is 29.8 Å². The van der Waals surface area contributed by atoms with Crippen LogP contribution in [-0.2, 0) is 4.79 Å². The number of nitrogens with zero attached hydrogens (tertiary/aromatic N) is 3. The third-order valence-electron chi connectivity index (χ3n) is 3.42. The summed E-state index contributed by atoms with van der Waals surface area (Å²) in [6.45, 7) is -0.0174. The van der Waals surface area contributed by atoms with E-state index < -0.39 is 5.82 Å². The van der Waals surface area contributed by atoms with Gasteiger partial charge >= 0.3 is 0 Å². The van der Waals surface area contributed by atoms with Crippen LogP contribution in [0.1, 0.15) is 0 Å². The smallest absolute Gasteiger partial charge is 0.251 e. The van der Waals surface area contributed by atoms with Gasteiger partial charge in [-0.15, -0.1) is 0 Å². The number of benzene rings is 1. The predicted molar refractivity (Wildman–Crippen MR) is 88.7 cm³/mol. The highest BCUT2D eigenvalue weighted by atomic mass is 32.2. The largest absolute Gasteiger partial charge is 0.506 e. The molecule has 0 aliphatic carbocycles. The van der Waals surface area contributed by atoms with Crippen LogP contribution in [0.15, 0.2) is 30.5 Å². The van der Waals surface area contributed by atoms with Crippen LogP contribution in [0.25, 0.3) is 11.1 Å². The van der Waals surface area contributed by atoms with E-state index in [0.717, 1.165) is 18.0 Å². The maximum absolute atomic E-state index is 14.9. The number of rotatable bonds is 3. The molecule has 0 saturated carbocycles. The van der Waals surface area contributed by atoms with Gasteiger partial charge in [0.15, 0.2) is 5.82 Å². The summed E-state index contributed by atoms with van der Waals surface area (Å²) >= 11 is 0.954. The van der Waals surface area contributed by atoms with Gasteiger partial charge in [-0.3, -0.25) is 13.8 Å². The summed E-state index contributed by atoms with van der Waals surface area (Å²) in [6.07, 6.45) is 1.58. The molecule has 23 heavy (non-hydrogen) atoms. The summed E-state index contributed by atoms with van der Waals surface area (Å²) in [5, 5.41) is 9.97. The van der Waals surface area contributed by atoms with E-state index in [1.807, 2.05) is 19.0 Å². The first-order valence-electron chi connectivity index (χ1n) is 6.86. The van der Waals surface area contributed by atoms with Gasteiger partial charge in [-0.25, -0.2) is 9.37 Å². The fraction of sp³-hybridized carbons (Fsp3) is 0.200. The summed E-state index contributed by atoms with van der Waals surface area (Å²) in [5.74, 6) is -0.282. The first-order chi connectivity index (χ1) is 11.0. The van der Waals surface area contributed by atoms with Crippen molar-refractivity contribution in [3.05, 3.63) is 36.3 Å². The van der Waals surface area contributed by atoms with Crippen molar-refractivity contribution in [2.24, 2.45) is 0 Å². The molecule has 0 unspecified atom stereocenters. The average molecular weight is 334 g/mol. The van der Waals surface area contributed by atoms with E-state index in [1.165, 1.54) is 16.4 Å². The summed E-state index contributed by atoms with van der Waals surface area (Å²) < 4.78 is 18.8. The number of carbonyl (C=O) groups excluding carboxylic acids is 1. The number of nitrogens with one attached hydrogen (secondary N) is 1. The van der Waals surface area contributed by atoms with E-state index in [-0.39, 0.29) is 23.9 Å². The molecule has 1 fully saturated rings. The van der Waals surface area contributed by atoms with Crippen molar-refractivity contribution in [1.29, 1.82) is 0 Å². The third-order valence-corrected chi connectivity index (χ3v) is 4.27. The van der Waals surface area contributed by atoms with Gasteiger partial charge in [0, 0.05) is 31.4 Å². The number of pyridine rings is 1. The van der Waals surface area contributed by atoms with Crippen LogP contribution in [0, 0.1) is 5.82 Å². The van der Waals surface area contributed by atoms with Gasteiger partial charge in [-0.2, -0.15) is 0 Å². The number of amides is 1. The molecule has 6 nitrogen and oxygen atoms in total. The zero-order chi connectivity index (χ0) is 16.6. The summed E-state index contributed by atoms with van der Waals surface area (Å²) in [4.78, 5) is 17.4. The molecule has 1 saturated heterocycles. The molecule has 2 N–H and O–H groups in total. The van der Waals surface area contributed by atoms with Crippen molar-refractivity contribution < 1.29 is 14.3 Å². The lowest BCUT2D eigenvalue weighted by molar-refractivity contribution is -0.117. The molecule has 1 aromatic heterocycles. The highest BCUT2D eigenvalue weighted by molar-refractivity contribution is 7.99. The topological polar surface area (TPSA) is 68.7 Å². The zero-order valence-electron chi connectivity index (χ0n) is 12.6. The Bertz CT molecular complexity index is 752. The minimum absolute atomic E-state index is 0.0115. The summed E-state index contributed by atoms with van der Waals surface area (Å²) in [7, 11) is 3.74. The number of halogens is 1. The maximum atomic E-state index is 14.9. The molecule has 0 bridgehead atoms. The van der Waals surface area contributed by atoms with Crippen LogP contribution in [0.5, 0.6) is 5.75 Å². The number of aromatic nitrogens is 1. The Labute approximate surface area is 137 Å². The fourth-order valence-corrected chi connectivity index (χ4v) is 2.97. The zero-order valence-corrected chi connectivity index (χ0v) is 13.4. The number of phenols is 1. The standard InChI is InChI=1S/C15H15FN4O2S/c1-19(2)12-6-3-9(7-17-12)10-4-5-11(21)15(14(10)16)20-8-13(22)18-23-20/h3-7,21H,8H2,1-2H3,(H,18,22). The van der Waals surface area contributed by atoms with Crippen molar-refractivity contribution >= 4 is 29.5 Å². The van der Waals surface area contributed by atoms with Gasteiger partial charge < -0.3 is 10.0 Å². The second-order valence-corrected chi connectivity index (χ2v) is 6.07. The van der Waals surface area contributed by atoms with Gasteiger partial charge in [0.25, 0.3) is 5.91 Å². The molecule has 120 valence electrons. The van der Waals surface area contributed by atoms with Crippen molar-refractivity contribution in [3.63, 3.8) is 0 Å². The van der Waals surface area contributed by atoms with E-state index in [4.69, 9.17) is 0 Å². The molecular weight excluding hydrogens is 319 g/mol. The molecule has 1 amide bonds. The highest BCUT2D eigenvalue weighted by Crippen LogP contribution is 2.39. The van der Waals surface area contributed by atoms with Crippen LogP contribution >= 0.6 is 12.1 Å². The van der Waals surface area contributed by atoms with Gasteiger partial charge in [-0.1, -0.05) is 0 Å². The number of phenolic OH excluding ortho intramolecular Hbond substituents is 1. The fourth-order valence-electron chi connectivity index (χ4n) is 2.25. The van der Waals surface area contributed by atoms with E-state index in [0.29, 0.717) is 11.1 Å². The molecule has 1 aliphatic rings. The Hall–Kier alpha value is -2.48. The lowest BCUT2D eigenvalue weighted by Crippen LogP contribution is -2.16. The Morgan fingerprint density at radius 3 is 2.70 bits per heavy atom.